The van der Waals surface area contributed by atoms with Crippen LogP contribution in [0, 0.1) is 0 Å². The molecule has 0 aliphatic carbocycles. The van der Waals surface area contributed by atoms with E-state index in [0.717, 1.165) is 0 Å². The summed E-state index contributed by atoms with van der Waals surface area (Å²) in [4.78, 5) is 24.6. The zero-order valence-electron chi connectivity index (χ0n) is 10.8. The van der Waals surface area contributed by atoms with Gasteiger partial charge >= 0.3 is 5.97 Å². The van der Waals surface area contributed by atoms with Crippen LogP contribution in [0.5, 0.6) is 0 Å². The summed E-state index contributed by atoms with van der Waals surface area (Å²) in [7, 11) is 0. The van der Waals surface area contributed by atoms with Gasteiger partial charge in [-0.05, 0) is 20.8 Å². The number of amides is 1. The number of rotatable bonds is 5. The number of carboxylic acid groups (broad SMARTS) is 1. The van der Waals surface area contributed by atoms with Crippen molar-refractivity contribution in [3.05, 3.63) is 11.9 Å². The predicted octanol–water partition coefficient (Wildman–Crippen LogP) is 0.593. The number of nitrogen functional groups attached to an aromatic ring is 1. The Bertz CT molecular complexity index is 451. The molecule has 1 aromatic rings. The van der Waals surface area contributed by atoms with Crippen LogP contribution in [0.3, 0.4) is 0 Å². The molecule has 0 aliphatic heterocycles. The third-order valence-electron chi connectivity index (χ3n) is 2.79. The zero-order chi connectivity index (χ0) is 13.9. The van der Waals surface area contributed by atoms with Gasteiger partial charge < -0.3 is 15.7 Å². The number of nitrogens with zero attached hydrogens (tertiary/aromatic N) is 3. The van der Waals surface area contributed by atoms with Crippen molar-refractivity contribution in [1.29, 1.82) is 0 Å². The Hall–Kier alpha value is -2.05. The highest BCUT2D eigenvalue weighted by Crippen LogP contribution is 2.15. The Kier molecular flexibility index (Phi) is 4.30. The number of hydrogen-bond donors (Lipinski definition) is 2. The first-order valence-electron chi connectivity index (χ1n) is 5.79. The van der Waals surface area contributed by atoms with E-state index in [9.17, 15) is 9.59 Å². The second-order valence-corrected chi connectivity index (χ2v) is 3.90. The summed E-state index contributed by atoms with van der Waals surface area (Å²) < 4.78 is 1.29. The van der Waals surface area contributed by atoms with Crippen molar-refractivity contribution in [3.8, 4) is 0 Å². The molecule has 1 heterocycles. The van der Waals surface area contributed by atoms with Gasteiger partial charge in [0.05, 0.1) is 5.69 Å². The highest BCUT2D eigenvalue weighted by Gasteiger charge is 2.23. The molecule has 3 N–H and O–H groups in total. The highest BCUT2D eigenvalue weighted by atomic mass is 16.4. The molecule has 18 heavy (non-hydrogen) atoms. The highest BCUT2D eigenvalue weighted by molar-refractivity contribution is 5.91. The number of aromatic nitrogens is 2. The van der Waals surface area contributed by atoms with E-state index in [1.807, 2.05) is 13.8 Å². The SMILES string of the molecule is CCN(CC)C(=O)C(C)n1cc(N)c(C(=O)O)n1. The minimum atomic E-state index is -1.20. The summed E-state index contributed by atoms with van der Waals surface area (Å²) in [5.41, 5.74) is 5.36. The quantitative estimate of drug-likeness (QED) is 0.800. The average molecular weight is 254 g/mol. The maximum absolute atomic E-state index is 12.1. The second kappa shape index (κ2) is 5.52. The molecule has 0 aliphatic rings. The van der Waals surface area contributed by atoms with E-state index in [1.54, 1.807) is 11.8 Å². The number of hydrogen-bond acceptors (Lipinski definition) is 4. The number of carbonyl (C=O) groups excluding carboxylic acids is 1. The Labute approximate surface area is 105 Å². The normalized spacial score (nSPS) is 12.2. The second-order valence-electron chi connectivity index (χ2n) is 3.90. The lowest BCUT2D eigenvalue weighted by molar-refractivity contribution is -0.134. The van der Waals surface area contributed by atoms with Gasteiger partial charge in [-0.15, -0.1) is 0 Å². The number of likely N-dealkylation sites (N-methyl/N-ethyl adjacent to an activating group) is 1. The lowest BCUT2D eigenvalue weighted by Crippen LogP contribution is -2.36. The van der Waals surface area contributed by atoms with Crippen LogP contribution in [-0.4, -0.2) is 44.8 Å². The fourth-order valence-corrected chi connectivity index (χ4v) is 1.68. The summed E-state index contributed by atoms with van der Waals surface area (Å²) >= 11 is 0. The van der Waals surface area contributed by atoms with Crippen molar-refractivity contribution < 1.29 is 14.7 Å². The standard InChI is InChI=1S/C11H18N4O3/c1-4-14(5-2)10(16)7(3)15-6-8(12)9(13-15)11(17)18/h6-7H,4-5,12H2,1-3H3,(H,17,18). The molecule has 0 bridgehead atoms. The molecule has 0 aromatic carbocycles. The third-order valence-corrected chi connectivity index (χ3v) is 2.79. The van der Waals surface area contributed by atoms with E-state index in [4.69, 9.17) is 10.8 Å². The minimum Gasteiger partial charge on any atom is -0.476 e. The van der Waals surface area contributed by atoms with E-state index in [1.165, 1.54) is 10.9 Å². The molecule has 1 amide bonds. The van der Waals surface area contributed by atoms with Crippen molar-refractivity contribution in [1.82, 2.24) is 14.7 Å². The summed E-state index contributed by atoms with van der Waals surface area (Å²) in [6.45, 7) is 6.63. The van der Waals surface area contributed by atoms with Crippen LogP contribution in [0.4, 0.5) is 5.69 Å². The first kappa shape index (κ1) is 14.0. The van der Waals surface area contributed by atoms with Crippen LogP contribution in [0.1, 0.15) is 37.3 Å². The van der Waals surface area contributed by atoms with Gasteiger partial charge in [-0.1, -0.05) is 0 Å². The fourth-order valence-electron chi connectivity index (χ4n) is 1.68. The van der Waals surface area contributed by atoms with Gasteiger partial charge in [-0.3, -0.25) is 9.48 Å². The first-order valence-corrected chi connectivity index (χ1v) is 5.79. The van der Waals surface area contributed by atoms with Crippen molar-refractivity contribution in [2.24, 2.45) is 0 Å². The largest absolute Gasteiger partial charge is 0.476 e. The molecule has 1 aromatic heterocycles. The van der Waals surface area contributed by atoms with Crippen molar-refractivity contribution >= 4 is 17.6 Å². The third kappa shape index (κ3) is 2.61. The number of anilines is 1. The van der Waals surface area contributed by atoms with E-state index >= 15 is 0 Å². The molecule has 0 spiro atoms. The lowest BCUT2D eigenvalue weighted by Gasteiger charge is -2.22. The molecule has 0 saturated heterocycles. The van der Waals surface area contributed by atoms with E-state index in [2.05, 4.69) is 5.10 Å². The molecule has 7 heteroatoms. The van der Waals surface area contributed by atoms with Gasteiger partial charge in [0.15, 0.2) is 5.69 Å². The summed E-state index contributed by atoms with van der Waals surface area (Å²) in [5.74, 6) is -1.31. The maximum Gasteiger partial charge on any atom is 0.358 e. The Morgan fingerprint density at radius 1 is 1.50 bits per heavy atom. The predicted molar refractivity (Wildman–Crippen MR) is 66.2 cm³/mol. The molecule has 0 radical (unpaired) electrons. The first-order chi connectivity index (χ1) is 8.42. The monoisotopic (exact) mass is 254 g/mol. The molecule has 7 nitrogen and oxygen atoms in total. The molecular formula is C11H18N4O3. The van der Waals surface area contributed by atoms with Gasteiger partial charge in [0.25, 0.3) is 0 Å². The number of carboxylic acids is 1. The Balaban J connectivity index is 2.97. The minimum absolute atomic E-state index is 0.0571. The molecule has 0 saturated carbocycles. The summed E-state index contributed by atoms with van der Waals surface area (Å²) in [6, 6.07) is -0.569. The van der Waals surface area contributed by atoms with Crippen LogP contribution in [-0.2, 0) is 4.79 Å². The Morgan fingerprint density at radius 3 is 2.44 bits per heavy atom. The van der Waals surface area contributed by atoms with Gasteiger partial charge in [0.2, 0.25) is 5.91 Å². The van der Waals surface area contributed by atoms with Crippen LogP contribution in [0.2, 0.25) is 0 Å². The van der Waals surface area contributed by atoms with Crippen LogP contribution >= 0.6 is 0 Å². The van der Waals surface area contributed by atoms with Gasteiger partial charge in [-0.25, -0.2) is 4.79 Å². The van der Waals surface area contributed by atoms with Crippen molar-refractivity contribution in [3.63, 3.8) is 0 Å². The number of carbonyl (C=O) groups is 2. The van der Waals surface area contributed by atoms with E-state index in [-0.39, 0.29) is 17.3 Å². The number of aromatic carboxylic acids is 1. The van der Waals surface area contributed by atoms with Gasteiger partial charge in [0.1, 0.15) is 6.04 Å². The van der Waals surface area contributed by atoms with Crippen LogP contribution in [0.15, 0.2) is 6.20 Å². The van der Waals surface area contributed by atoms with Crippen LogP contribution < -0.4 is 5.73 Å². The fraction of sp³-hybridized carbons (Fsp3) is 0.545. The summed E-state index contributed by atoms with van der Waals surface area (Å²) in [6.07, 6.45) is 1.37. The molecule has 1 unspecified atom stereocenters. The molecule has 100 valence electrons. The maximum atomic E-state index is 12.1. The summed E-state index contributed by atoms with van der Waals surface area (Å²) in [5, 5.41) is 12.7. The zero-order valence-corrected chi connectivity index (χ0v) is 10.8. The smallest absolute Gasteiger partial charge is 0.358 e. The molecule has 1 rings (SSSR count). The number of nitrogens with two attached hydrogens (primary N) is 1. The average Bonchev–Trinajstić information content (AvgIpc) is 2.71. The van der Waals surface area contributed by atoms with E-state index in [0.29, 0.717) is 13.1 Å². The van der Waals surface area contributed by atoms with Gasteiger partial charge in [0, 0.05) is 19.3 Å². The lowest BCUT2D eigenvalue weighted by atomic mass is 10.3. The topological polar surface area (TPSA) is 101 Å². The Morgan fingerprint density at radius 2 is 2.06 bits per heavy atom. The van der Waals surface area contributed by atoms with Crippen LogP contribution in [0.25, 0.3) is 0 Å². The van der Waals surface area contributed by atoms with Crippen molar-refractivity contribution in [2.45, 2.75) is 26.8 Å². The molecule has 1 atom stereocenters. The molecule has 0 fully saturated rings. The van der Waals surface area contributed by atoms with E-state index < -0.39 is 12.0 Å². The van der Waals surface area contributed by atoms with Gasteiger partial charge in [-0.2, -0.15) is 5.10 Å². The van der Waals surface area contributed by atoms with Crippen molar-refractivity contribution in [2.75, 3.05) is 18.8 Å². The molecular weight excluding hydrogens is 236 g/mol.